The second-order valence-electron chi connectivity index (χ2n) is 5.48. The summed E-state index contributed by atoms with van der Waals surface area (Å²) in [6, 6.07) is 3.54. The van der Waals surface area contributed by atoms with Crippen molar-refractivity contribution in [3.05, 3.63) is 35.4 Å². The summed E-state index contributed by atoms with van der Waals surface area (Å²) in [4.78, 5) is 27.2. The number of nitrogens with zero attached hydrogens (tertiary/aromatic N) is 2. The molecule has 5 nitrogen and oxygen atoms in total. The number of alkyl halides is 3. The zero-order valence-electron chi connectivity index (χ0n) is 13.0. The average molecular weight is 366 g/mol. The first-order valence-electron chi connectivity index (χ1n) is 7.21. The number of carbonyl (C=O) groups is 2. The number of rotatable bonds is 2. The third kappa shape index (κ3) is 4.61. The molecule has 2 N–H and O–H groups in total. The van der Waals surface area contributed by atoms with Gasteiger partial charge in [-0.2, -0.15) is 13.2 Å². The Bertz CT molecular complexity index is 583. The van der Waals surface area contributed by atoms with Crippen molar-refractivity contribution in [2.45, 2.75) is 19.1 Å². The number of benzene rings is 1. The molecule has 0 saturated carbocycles. The van der Waals surface area contributed by atoms with Gasteiger partial charge >= 0.3 is 6.18 Å². The summed E-state index contributed by atoms with van der Waals surface area (Å²) in [5.41, 5.74) is 4.95. The van der Waals surface area contributed by atoms with E-state index in [0.29, 0.717) is 26.2 Å². The predicted molar refractivity (Wildman–Crippen MR) is 84.8 cm³/mol. The van der Waals surface area contributed by atoms with E-state index in [2.05, 4.69) is 0 Å². The Hall–Kier alpha value is -1.80. The highest BCUT2D eigenvalue weighted by atomic mass is 35.5. The highest BCUT2D eigenvalue weighted by molar-refractivity contribution is 5.94. The Morgan fingerprint density at radius 1 is 1.04 bits per heavy atom. The average Bonchev–Trinajstić information content (AvgIpc) is 2.53. The molecule has 1 aliphatic heterocycles. The van der Waals surface area contributed by atoms with E-state index in [9.17, 15) is 22.8 Å². The summed E-state index contributed by atoms with van der Waals surface area (Å²) in [6.07, 6.45) is -4.42. The smallest absolute Gasteiger partial charge is 0.338 e. The zero-order chi connectivity index (χ0) is 17.2. The van der Waals surface area contributed by atoms with E-state index in [1.165, 1.54) is 17.0 Å². The Balaban J connectivity index is 0.00000288. The SMILES string of the molecule is C[C@@H](N)C(=O)N1CCN(C(=O)c2ccc(C(F)(F)F)cc2)CC1.Cl. The molecule has 0 radical (unpaired) electrons. The van der Waals surface area contributed by atoms with Gasteiger partial charge in [-0.05, 0) is 31.2 Å². The Kier molecular flexibility index (Phi) is 6.62. The maximum atomic E-state index is 12.5. The van der Waals surface area contributed by atoms with Gasteiger partial charge in [0.15, 0.2) is 0 Å². The molecule has 2 amide bonds. The molecule has 1 atom stereocenters. The predicted octanol–water partition coefficient (Wildman–Crippen LogP) is 1.76. The number of hydrogen-bond donors (Lipinski definition) is 1. The first kappa shape index (κ1) is 20.2. The lowest BCUT2D eigenvalue weighted by Gasteiger charge is -2.35. The lowest BCUT2D eigenvalue weighted by molar-refractivity contribution is -0.137. The standard InChI is InChI=1S/C15H18F3N3O2.ClH/c1-10(19)13(22)20-6-8-21(9-7-20)14(23)11-2-4-12(5-3-11)15(16,17)18;/h2-5,10H,6-9,19H2,1H3;1H/t10-;/m1./s1. The molecule has 1 heterocycles. The van der Waals surface area contributed by atoms with Gasteiger partial charge in [-0.15, -0.1) is 12.4 Å². The lowest BCUT2D eigenvalue weighted by atomic mass is 10.1. The van der Waals surface area contributed by atoms with Crippen LogP contribution in [0.5, 0.6) is 0 Å². The van der Waals surface area contributed by atoms with Gasteiger partial charge < -0.3 is 15.5 Å². The molecule has 134 valence electrons. The van der Waals surface area contributed by atoms with Crippen LogP contribution in [0.2, 0.25) is 0 Å². The van der Waals surface area contributed by atoms with Gasteiger partial charge in [0.25, 0.3) is 5.91 Å². The van der Waals surface area contributed by atoms with Crippen LogP contribution in [0.1, 0.15) is 22.8 Å². The summed E-state index contributed by atoms with van der Waals surface area (Å²) >= 11 is 0. The van der Waals surface area contributed by atoms with Crippen molar-refractivity contribution in [1.82, 2.24) is 9.80 Å². The van der Waals surface area contributed by atoms with Gasteiger partial charge in [-0.1, -0.05) is 0 Å². The normalized spacial score (nSPS) is 16.4. The Labute approximate surface area is 144 Å². The van der Waals surface area contributed by atoms with Crippen molar-refractivity contribution in [1.29, 1.82) is 0 Å². The van der Waals surface area contributed by atoms with Crippen molar-refractivity contribution in [2.75, 3.05) is 26.2 Å². The summed E-state index contributed by atoms with van der Waals surface area (Å²) < 4.78 is 37.5. The van der Waals surface area contributed by atoms with E-state index in [-0.39, 0.29) is 29.8 Å². The van der Waals surface area contributed by atoms with Gasteiger partial charge in [0.05, 0.1) is 11.6 Å². The first-order valence-corrected chi connectivity index (χ1v) is 7.21. The number of halogens is 4. The molecule has 1 saturated heterocycles. The first-order chi connectivity index (χ1) is 10.7. The van der Waals surface area contributed by atoms with Crippen LogP contribution >= 0.6 is 12.4 Å². The third-order valence-corrected chi connectivity index (χ3v) is 3.73. The van der Waals surface area contributed by atoms with Crippen molar-refractivity contribution < 1.29 is 22.8 Å². The van der Waals surface area contributed by atoms with Crippen molar-refractivity contribution in [2.24, 2.45) is 5.73 Å². The van der Waals surface area contributed by atoms with Gasteiger partial charge in [0.1, 0.15) is 0 Å². The highest BCUT2D eigenvalue weighted by Crippen LogP contribution is 2.29. The molecule has 0 spiro atoms. The zero-order valence-corrected chi connectivity index (χ0v) is 13.9. The Morgan fingerprint density at radius 2 is 1.50 bits per heavy atom. The van der Waals surface area contributed by atoms with Crippen LogP contribution in [0.3, 0.4) is 0 Å². The van der Waals surface area contributed by atoms with Crippen LogP contribution in [0.25, 0.3) is 0 Å². The van der Waals surface area contributed by atoms with Crippen LogP contribution in [0, 0.1) is 0 Å². The van der Waals surface area contributed by atoms with E-state index >= 15 is 0 Å². The van der Waals surface area contributed by atoms with Gasteiger partial charge in [0.2, 0.25) is 5.91 Å². The number of hydrogen-bond acceptors (Lipinski definition) is 3. The number of nitrogens with two attached hydrogens (primary N) is 1. The van der Waals surface area contributed by atoms with Crippen molar-refractivity contribution >= 4 is 24.2 Å². The maximum Gasteiger partial charge on any atom is 0.416 e. The number of carbonyl (C=O) groups excluding carboxylic acids is 2. The van der Waals surface area contributed by atoms with Gasteiger partial charge in [-0.25, -0.2) is 0 Å². The monoisotopic (exact) mass is 365 g/mol. The largest absolute Gasteiger partial charge is 0.416 e. The van der Waals surface area contributed by atoms with E-state index in [4.69, 9.17) is 5.73 Å². The lowest BCUT2D eigenvalue weighted by Crippen LogP contribution is -2.53. The molecule has 1 aromatic carbocycles. The minimum atomic E-state index is -4.42. The summed E-state index contributed by atoms with van der Waals surface area (Å²) in [6.45, 7) is 3.00. The fourth-order valence-corrected chi connectivity index (χ4v) is 2.40. The molecule has 0 aromatic heterocycles. The fraction of sp³-hybridized carbons (Fsp3) is 0.467. The summed E-state index contributed by atoms with van der Waals surface area (Å²) in [5, 5.41) is 0. The Morgan fingerprint density at radius 3 is 1.92 bits per heavy atom. The van der Waals surface area contributed by atoms with Gasteiger partial charge in [-0.3, -0.25) is 9.59 Å². The van der Waals surface area contributed by atoms with Gasteiger partial charge in [0, 0.05) is 31.7 Å². The fourth-order valence-electron chi connectivity index (χ4n) is 2.40. The molecular formula is C15H19ClF3N3O2. The second kappa shape index (κ2) is 7.85. The van der Waals surface area contributed by atoms with E-state index < -0.39 is 17.8 Å². The molecule has 0 bridgehead atoms. The van der Waals surface area contributed by atoms with Crippen LogP contribution in [0.4, 0.5) is 13.2 Å². The van der Waals surface area contributed by atoms with E-state index in [0.717, 1.165) is 12.1 Å². The molecule has 2 rings (SSSR count). The van der Waals surface area contributed by atoms with E-state index in [1.54, 1.807) is 11.8 Å². The minimum absolute atomic E-state index is 0. The number of piperazine rings is 1. The van der Waals surface area contributed by atoms with Crippen molar-refractivity contribution in [3.63, 3.8) is 0 Å². The minimum Gasteiger partial charge on any atom is -0.338 e. The summed E-state index contributed by atoms with van der Waals surface area (Å²) in [5.74, 6) is -0.516. The number of amides is 2. The third-order valence-electron chi connectivity index (χ3n) is 3.73. The molecule has 0 unspecified atom stereocenters. The molecule has 1 aliphatic rings. The topological polar surface area (TPSA) is 66.6 Å². The molecule has 9 heteroatoms. The quantitative estimate of drug-likeness (QED) is 0.868. The van der Waals surface area contributed by atoms with Crippen LogP contribution < -0.4 is 5.73 Å². The van der Waals surface area contributed by atoms with Crippen LogP contribution in [0.15, 0.2) is 24.3 Å². The molecule has 1 fully saturated rings. The maximum absolute atomic E-state index is 12.5. The molecule has 0 aliphatic carbocycles. The molecular weight excluding hydrogens is 347 g/mol. The van der Waals surface area contributed by atoms with Crippen LogP contribution in [-0.2, 0) is 11.0 Å². The van der Waals surface area contributed by atoms with E-state index in [1.807, 2.05) is 0 Å². The molecule has 1 aromatic rings. The van der Waals surface area contributed by atoms with Crippen molar-refractivity contribution in [3.8, 4) is 0 Å². The highest BCUT2D eigenvalue weighted by Gasteiger charge is 2.31. The van der Waals surface area contributed by atoms with Crippen LogP contribution in [-0.4, -0.2) is 53.8 Å². The second-order valence-corrected chi connectivity index (χ2v) is 5.48. The summed E-state index contributed by atoms with van der Waals surface area (Å²) in [7, 11) is 0. The molecule has 24 heavy (non-hydrogen) atoms.